The molecule has 194 valence electrons. The minimum Gasteiger partial charge on any atom is -0.493 e. The standard InChI is InChI=1S/C28H36ClN3O4/c1-22-5-7-24(29)26(17-22)36-20-28(33)9-3-12-31(14-10-28)19-23-6-8-25(27(18-23)34-2)35-16-4-13-32-15-11-30-21-32/h5-8,11,15,17-18,21,33H,3-4,9-10,12-14,16,19-20H2,1-2H3/t28-/m0/s1. The van der Waals surface area contributed by atoms with Crippen molar-refractivity contribution < 1.29 is 19.3 Å². The van der Waals surface area contributed by atoms with E-state index in [1.807, 2.05) is 54.3 Å². The number of ether oxygens (including phenoxy) is 3. The highest BCUT2D eigenvalue weighted by molar-refractivity contribution is 6.32. The SMILES string of the molecule is COc1cc(CN2CCC[C@@](O)(COc3cc(C)ccc3Cl)CC2)ccc1OCCCn1ccnc1. The summed E-state index contributed by atoms with van der Waals surface area (Å²) in [4.78, 5) is 6.43. The minimum absolute atomic E-state index is 0.241. The first-order chi connectivity index (χ1) is 17.4. The Morgan fingerprint density at radius 3 is 2.75 bits per heavy atom. The van der Waals surface area contributed by atoms with Crippen molar-refractivity contribution in [2.45, 2.75) is 51.3 Å². The molecule has 0 spiro atoms. The summed E-state index contributed by atoms with van der Waals surface area (Å²) in [6, 6.07) is 11.8. The molecule has 3 aromatic rings. The summed E-state index contributed by atoms with van der Waals surface area (Å²) in [6.45, 7) is 6.21. The number of aromatic nitrogens is 2. The van der Waals surface area contributed by atoms with Gasteiger partial charge in [-0.05, 0) is 74.5 Å². The van der Waals surface area contributed by atoms with Gasteiger partial charge in [0, 0.05) is 32.0 Å². The van der Waals surface area contributed by atoms with Crippen LogP contribution in [0, 0.1) is 6.92 Å². The number of halogens is 1. The minimum atomic E-state index is -0.867. The molecule has 0 amide bonds. The Hall–Kier alpha value is -2.74. The van der Waals surface area contributed by atoms with E-state index >= 15 is 0 Å². The van der Waals surface area contributed by atoms with Crippen LogP contribution in [0.5, 0.6) is 17.2 Å². The van der Waals surface area contributed by atoms with E-state index in [0.717, 1.165) is 61.6 Å². The van der Waals surface area contributed by atoms with Crippen LogP contribution in [-0.4, -0.2) is 58.6 Å². The van der Waals surface area contributed by atoms with Crippen LogP contribution < -0.4 is 14.2 Å². The zero-order valence-corrected chi connectivity index (χ0v) is 21.9. The third-order valence-electron chi connectivity index (χ3n) is 6.60. The van der Waals surface area contributed by atoms with Crippen molar-refractivity contribution in [3.05, 3.63) is 71.3 Å². The van der Waals surface area contributed by atoms with Crippen molar-refractivity contribution in [1.82, 2.24) is 14.5 Å². The Morgan fingerprint density at radius 2 is 1.94 bits per heavy atom. The number of hydrogen-bond donors (Lipinski definition) is 1. The lowest BCUT2D eigenvalue weighted by Gasteiger charge is -2.27. The van der Waals surface area contributed by atoms with Crippen molar-refractivity contribution >= 4 is 11.6 Å². The smallest absolute Gasteiger partial charge is 0.161 e. The normalized spacial score (nSPS) is 18.6. The maximum absolute atomic E-state index is 11.2. The number of rotatable bonds is 11. The number of aliphatic hydroxyl groups is 1. The van der Waals surface area contributed by atoms with Crippen molar-refractivity contribution in [3.63, 3.8) is 0 Å². The lowest BCUT2D eigenvalue weighted by Crippen LogP contribution is -2.37. The molecule has 1 atom stereocenters. The third-order valence-corrected chi connectivity index (χ3v) is 6.92. The molecular formula is C28H36ClN3O4. The van der Waals surface area contributed by atoms with E-state index in [1.54, 1.807) is 13.3 Å². The maximum Gasteiger partial charge on any atom is 0.161 e. The van der Waals surface area contributed by atoms with Crippen LogP contribution >= 0.6 is 11.6 Å². The molecule has 8 heteroatoms. The van der Waals surface area contributed by atoms with E-state index in [9.17, 15) is 5.11 Å². The van der Waals surface area contributed by atoms with E-state index in [2.05, 4.69) is 16.0 Å². The third kappa shape index (κ3) is 7.38. The fourth-order valence-electron chi connectivity index (χ4n) is 4.51. The predicted octanol–water partition coefficient (Wildman–Crippen LogP) is 5.12. The largest absolute Gasteiger partial charge is 0.493 e. The highest BCUT2D eigenvalue weighted by Crippen LogP contribution is 2.31. The molecule has 36 heavy (non-hydrogen) atoms. The number of imidazole rings is 1. The quantitative estimate of drug-likeness (QED) is 0.359. The van der Waals surface area contributed by atoms with Crippen molar-refractivity contribution in [3.8, 4) is 17.2 Å². The van der Waals surface area contributed by atoms with Crippen LogP contribution in [0.1, 0.15) is 36.8 Å². The lowest BCUT2D eigenvalue weighted by molar-refractivity contribution is -0.0168. The molecule has 1 aromatic heterocycles. The second-order valence-corrected chi connectivity index (χ2v) is 9.97. The van der Waals surface area contributed by atoms with Gasteiger partial charge in [-0.15, -0.1) is 0 Å². The van der Waals surface area contributed by atoms with Crippen molar-refractivity contribution in [1.29, 1.82) is 0 Å². The summed E-state index contributed by atoms with van der Waals surface area (Å²) in [5.41, 5.74) is 1.37. The fraction of sp³-hybridized carbons (Fsp3) is 0.464. The maximum atomic E-state index is 11.2. The highest BCUT2D eigenvalue weighted by atomic mass is 35.5. The monoisotopic (exact) mass is 513 g/mol. The Labute approximate surface area is 218 Å². The van der Waals surface area contributed by atoms with Crippen LogP contribution in [0.2, 0.25) is 5.02 Å². The molecule has 2 aromatic carbocycles. The summed E-state index contributed by atoms with van der Waals surface area (Å²) in [6.07, 6.45) is 8.67. The second-order valence-electron chi connectivity index (χ2n) is 9.56. The van der Waals surface area contributed by atoms with Gasteiger partial charge in [0.15, 0.2) is 11.5 Å². The molecule has 0 aliphatic carbocycles. The molecule has 0 saturated carbocycles. The van der Waals surface area contributed by atoms with E-state index < -0.39 is 5.60 Å². The molecular weight excluding hydrogens is 478 g/mol. The molecule has 7 nitrogen and oxygen atoms in total. The second kappa shape index (κ2) is 12.5. The summed E-state index contributed by atoms with van der Waals surface area (Å²) in [5.74, 6) is 2.12. The van der Waals surface area contributed by atoms with Gasteiger partial charge in [0.05, 0.1) is 30.7 Å². The van der Waals surface area contributed by atoms with Crippen LogP contribution in [0.15, 0.2) is 55.1 Å². The van der Waals surface area contributed by atoms with Crippen LogP contribution in [0.4, 0.5) is 0 Å². The molecule has 1 aliphatic heterocycles. The molecule has 1 N–H and O–H groups in total. The van der Waals surface area contributed by atoms with Gasteiger partial charge in [-0.2, -0.15) is 0 Å². The topological polar surface area (TPSA) is 69.0 Å². The predicted molar refractivity (Wildman–Crippen MR) is 141 cm³/mol. The van der Waals surface area contributed by atoms with Gasteiger partial charge >= 0.3 is 0 Å². The van der Waals surface area contributed by atoms with E-state index in [0.29, 0.717) is 30.2 Å². The average Bonchev–Trinajstić information content (AvgIpc) is 3.33. The first-order valence-electron chi connectivity index (χ1n) is 12.5. The molecule has 1 aliphatic rings. The first-order valence-corrected chi connectivity index (χ1v) is 12.9. The number of likely N-dealkylation sites (tertiary alicyclic amines) is 1. The number of nitrogens with zero attached hydrogens (tertiary/aromatic N) is 3. The fourth-order valence-corrected chi connectivity index (χ4v) is 4.68. The van der Waals surface area contributed by atoms with Gasteiger partial charge in [0.1, 0.15) is 12.4 Å². The van der Waals surface area contributed by atoms with E-state index in [-0.39, 0.29) is 6.61 Å². The van der Waals surface area contributed by atoms with Gasteiger partial charge in [-0.3, -0.25) is 4.90 Å². The zero-order chi connectivity index (χ0) is 25.4. The van der Waals surface area contributed by atoms with Crippen molar-refractivity contribution in [2.24, 2.45) is 0 Å². The van der Waals surface area contributed by atoms with Gasteiger partial charge in [-0.25, -0.2) is 4.98 Å². The van der Waals surface area contributed by atoms with Gasteiger partial charge in [0.25, 0.3) is 0 Å². The summed E-state index contributed by atoms with van der Waals surface area (Å²) >= 11 is 6.26. The zero-order valence-electron chi connectivity index (χ0n) is 21.2. The first kappa shape index (κ1) is 26.3. The molecule has 0 bridgehead atoms. The van der Waals surface area contributed by atoms with Crippen LogP contribution in [0.3, 0.4) is 0 Å². The van der Waals surface area contributed by atoms with Crippen LogP contribution in [-0.2, 0) is 13.1 Å². The summed E-state index contributed by atoms with van der Waals surface area (Å²) < 4.78 is 19.5. The lowest BCUT2D eigenvalue weighted by atomic mass is 9.96. The Bertz CT molecular complexity index is 1110. The molecule has 2 heterocycles. The number of methoxy groups -OCH3 is 1. The van der Waals surface area contributed by atoms with Gasteiger partial charge in [0.2, 0.25) is 0 Å². The molecule has 4 rings (SSSR count). The van der Waals surface area contributed by atoms with Crippen molar-refractivity contribution in [2.75, 3.05) is 33.4 Å². The van der Waals surface area contributed by atoms with Crippen LogP contribution in [0.25, 0.3) is 0 Å². The number of benzene rings is 2. The molecule has 0 radical (unpaired) electrons. The average molecular weight is 514 g/mol. The number of aryl methyl sites for hydroxylation is 2. The Balaban J connectivity index is 1.27. The van der Waals surface area contributed by atoms with Gasteiger partial charge < -0.3 is 23.9 Å². The van der Waals surface area contributed by atoms with Gasteiger partial charge in [-0.1, -0.05) is 23.7 Å². The molecule has 1 fully saturated rings. The number of hydrogen-bond acceptors (Lipinski definition) is 6. The molecule has 0 unspecified atom stereocenters. The Kier molecular flexibility index (Phi) is 9.13. The Morgan fingerprint density at radius 1 is 1.06 bits per heavy atom. The summed E-state index contributed by atoms with van der Waals surface area (Å²) in [5, 5.41) is 11.8. The van der Waals surface area contributed by atoms with E-state index in [1.165, 1.54) is 0 Å². The van der Waals surface area contributed by atoms with E-state index in [4.69, 9.17) is 25.8 Å². The summed E-state index contributed by atoms with van der Waals surface area (Å²) in [7, 11) is 1.67. The molecule has 1 saturated heterocycles. The highest BCUT2D eigenvalue weighted by Gasteiger charge is 2.31.